The normalized spacial score (nSPS) is 12.3. The molecule has 0 aromatic heterocycles. The second-order valence-electron chi connectivity index (χ2n) is 5.03. The van der Waals surface area contributed by atoms with Crippen molar-refractivity contribution in [3.63, 3.8) is 0 Å². The van der Waals surface area contributed by atoms with E-state index in [9.17, 15) is 4.39 Å². The minimum Gasteiger partial charge on any atom is -0.378 e. The highest BCUT2D eigenvalue weighted by molar-refractivity contribution is 5.49. The van der Waals surface area contributed by atoms with E-state index in [1.807, 2.05) is 56.3 Å². The van der Waals surface area contributed by atoms with Crippen LogP contribution in [0, 0.1) is 12.7 Å². The molecule has 1 unspecified atom stereocenters. The first-order valence-corrected chi connectivity index (χ1v) is 6.27. The SMILES string of the molecule is Cc1cc(F)cc(C(N)c2cccc(N(C)C)c2)c1. The van der Waals surface area contributed by atoms with Crippen molar-refractivity contribution in [3.8, 4) is 0 Å². The number of anilines is 1. The third-order valence-electron chi connectivity index (χ3n) is 3.17. The molecule has 100 valence electrons. The monoisotopic (exact) mass is 258 g/mol. The molecular formula is C16H19FN2. The fourth-order valence-corrected chi connectivity index (χ4v) is 2.13. The molecule has 2 N–H and O–H groups in total. The molecule has 3 heteroatoms. The number of nitrogens with two attached hydrogens (primary N) is 1. The number of rotatable bonds is 3. The van der Waals surface area contributed by atoms with Gasteiger partial charge in [-0.1, -0.05) is 18.2 Å². The van der Waals surface area contributed by atoms with E-state index in [1.165, 1.54) is 12.1 Å². The zero-order valence-corrected chi connectivity index (χ0v) is 11.5. The van der Waals surface area contributed by atoms with Crippen molar-refractivity contribution in [3.05, 3.63) is 65.0 Å². The largest absolute Gasteiger partial charge is 0.378 e. The molecule has 0 aliphatic rings. The average molecular weight is 258 g/mol. The second-order valence-corrected chi connectivity index (χ2v) is 5.03. The molecule has 0 aliphatic heterocycles. The smallest absolute Gasteiger partial charge is 0.123 e. The van der Waals surface area contributed by atoms with Gasteiger partial charge in [-0.15, -0.1) is 0 Å². The van der Waals surface area contributed by atoms with Gasteiger partial charge in [-0.2, -0.15) is 0 Å². The summed E-state index contributed by atoms with van der Waals surface area (Å²) in [5.41, 5.74) is 9.99. The van der Waals surface area contributed by atoms with Crippen LogP contribution in [0.4, 0.5) is 10.1 Å². The van der Waals surface area contributed by atoms with Crippen molar-refractivity contribution in [1.29, 1.82) is 0 Å². The number of halogens is 1. The van der Waals surface area contributed by atoms with Gasteiger partial charge in [0.15, 0.2) is 0 Å². The molecule has 0 aliphatic carbocycles. The van der Waals surface area contributed by atoms with E-state index in [0.717, 1.165) is 22.4 Å². The van der Waals surface area contributed by atoms with E-state index in [4.69, 9.17) is 5.73 Å². The van der Waals surface area contributed by atoms with Crippen molar-refractivity contribution < 1.29 is 4.39 Å². The van der Waals surface area contributed by atoms with Crippen LogP contribution in [0.1, 0.15) is 22.7 Å². The van der Waals surface area contributed by atoms with Crippen molar-refractivity contribution in [2.75, 3.05) is 19.0 Å². The van der Waals surface area contributed by atoms with Crippen LogP contribution in [0.15, 0.2) is 42.5 Å². The van der Waals surface area contributed by atoms with Crippen molar-refractivity contribution in [2.24, 2.45) is 5.73 Å². The molecule has 2 aromatic carbocycles. The molecule has 0 heterocycles. The van der Waals surface area contributed by atoms with E-state index in [1.54, 1.807) is 0 Å². The van der Waals surface area contributed by atoms with Gasteiger partial charge in [0.1, 0.15) is 5.82 Å². The van der Waals surface area contributed by atoms with Crippen LogP contribution in [0.2, 0.25) is 0 Å². The van der Waals surface area contributed by atoms with Gasteiger partial charge in [-0.25, -0.2) is 4.39 Å². The fourth-order valence-electron chi connectivity index (χ4n) is 2.13. The predicted molar refractivity (Wildman–Crippen MR) is 77.9 cm³/mol. The molecule has 19 heavy (non-hydrogen) atoms. The van der Waals surface area contributed by atoms with Gasteiger partial charge >= 0.3 is 0 Å². The highest BCUT2D eigenvalue weighted by Crippen LogP contribution is 2.24. The summed E-state index contributed by atoms with van der Waals surface area (Å²) in [5.74, 6) is -0.241. The molecule has 0 fully saturated rings. The molecule has 2 rings (SSSR count). The molecule has 2 aromatic rings. The lowest BCUT2D eigenvalue weighted by Crippen LogP contribution is -2.14. The Labute approximate surface area is 113 Å². The van der Waals surface area contributed by atoms with Crippen LogP contribution >= 0.6 is 0 Å². The summed E-state index contributed by atoms with van der Waals surface area (Å²) in [6.45, 7) is 1.87. The lowest BCUT2D eigenvalue weighted by Gasteiger charge is -2.17. The highest BCUT2D eigenvalue weighted by atomic mass is 19.1. The maximum absolute atomic E-state index is 13.4. The van der Waals surface area contributed by atoms with Crippen LogP contribution in [0.3, 0.4) is 0 Å². The topological polar surface area (TPSA) is 29.3 Å². The van der Waals surface area contributed by atoms with Gasteiger partial charge in [0, 0.05) is 19.8 Å². The van der Waals surface area contributed by atoms with Gasteiger partial charge in [-0.05, 0) is 47.9 Å². The Hall–Kier alpha value is -1.87. The molecule has 0 amide bonds. The summed E-state index contributed by atoms with van der Waals surface area (Å²) in [6, 6.07) is 12.6. The first kappa shape index (κ1) is 13.6. The maximum Gasteiger partial charge on any atom is 0.123 e. The van der Waals surface area contributed by atoms with E-state index in [2.05, 4.69) is 0 Å². The zero-order chi connectivity index (χ0) is 14.0. The van der Waals surface area contributed by atoms with Crippen LogP contribution < -0.4 is 10.6 Å². The molecule has 0 bridgehead atoms. The second kappa shape index (κ2) is 5.41. The van der Waals surface area contributed by atoms with Crippen molar-refractivity contribution >= 4 is 5.69 Å². The van der Waals surface area contributed by atoms with E-state index < -0.39 is 0 Å². The lowest BCUT2D eigenvalue weighted by molar-refractivity contribution is 0.622. The van der Waals surface area contributed by atoms with Gasteiger partial charge in [0.25, 0.3) is 0 Å². The number of hydrogen-bond acceptors (Lipinski definition) is 2. The summed E-state index contributed by atoms with van der Waals surface area (Å²) in [6.07, 6.45) is 0. The summed E-state index contributed by atoms with van der Waals surface area (Å²) < 4.78 is 13.4. The number of aryl methyl sites for hydroxylation is 1. The summed E-state index contributed by atoms with van der Waals surface area (Å²) in [4.78, 5) is 2.02. The van der Waals surface area contributed by atoms with Crippen molar-refractivity contribution in [2.45, 2.75) is 13.0 Å². The Bertz CT molecular complexity index is 558. The first-order valence-electron chi connectivity index (χ1n) is 6.27. The zero-order valence-electron chi connectivity index (χ0n) is 11.5. The molecule has 1 atom stereocenters. The van der Waals surface area contributed by atoms with Gasteiger partial charge in [0.2, 0.25) is 0 Å². The molecule has 0 spiro atoms. The van der Waals surface area contributed by atoms with Crippen LogP contribution in [0.25, 0.3) is 0 Å². The molecule has 0 radical (unpaired) electrons. The first-order chi connectivity index (χ1) is 8.97. The minimum absolute atomic E-state index is 0.241. The van der Waals surface area contributed by atoms with Crippen LogP contribution in [-0.4, -0.2) is 14.1 Å². The van der Waals surface area contributed by atoms with E-state index in [0.29, 0.717) is 0 Å². The number of hydrogen-bond donors (Lipinski definition) is 1. The van der Waals surface area contributed by atoms with Gasteiger partial charge in [-0.3, -0.25) is 0 Å². The molecule has 0 saturated heterocycles. The van der Waals surface area contributed by atoms with Gasteiger partial charge in [0.05, 0.1) is 6.04 Å². The Morgan fingerprint density at radius 2 is 1.79 bits per heavy atom. The standard InChI is InChI=1S/C16H19FN2/c1-11-7-13(9-14(17)8-11)16(18)12-5-4-6-15(10-12)19(2)3/h4-10,16H,18H2,1-3H3. The maximum atomic E-state index is 13.4. The minimum atomic E-state index is -0.311. The van der Waals surface area contributed by atoms with Crippen LogP contribution in [0.5, 0.6) is 0 Å². The third-order valence-corrected chi connectivity index (χ3v) is 3.17. The Morgan fingerprint density at radius 1 is 1.05 bits per heavy atom. The van der Waals surface area contributed by atoms with E-state index >= 15 is 0 Å². The van der Waals surface area contributed by atoms with E-state index in [-0.39, 0.29) is 11.9 Å². The number of nitrogens with zero attached hydrogens (tertiary/aromatic N) is 1. The quantitative estimate of drug-likeness (QED) is 0.915. The van der Waals surface area contributed by atoms with Crippen LogP contribution in [-0.2, 0) is 0 Å². The highest BCUT2D eigenvalue weighted by Gasteiger charge is 2.11. The third kappa shape index (κ3) is 3.12. The van der Waals surface area contributed by atoms with Crippen molar-refractivity contribution in [1.82, 2.24) is 0 Å². The predicted octanol–water partition coefficient (Wildman–Crippen LogP) is 3.25. The summed E-state index contributed by atoms with van der Waals surface area (Å²) in [7, 11) is 3.97. The summed E-state index contributed by atoms with van der Waals surface area (Å²) in [5, 5.41) is 0. The molecule has 0 saturated carbocycles. The Kier molecular flexibility index (Phi) is 3.86. The number of benzene rings is 2. The molecule has 2 nitrogen and oxygen atoms in total. The van der Waals surface area contributed by atoms with Gasteiger partial charge < -0.3 is 10.6 Å². The lowest BCUT2D eigenvalue weighted by atomic mass is 9.97. The fraction of sp³-hybridized carbons (Fsp3) is 0.250. The average Bonchev–Trinajstić information content (AvgIpc) is 2.37. The Balaban J connectivity index is 2.38. The Morgan fingerprint density at radius 3 is 2.42 bits per heavy atom. The summed E-state index contributed by atoms with van der Waals surface area (Å²) >= 11 is 0. The molecular weight excluding hydrogens is 239 g/mol.